The van der Waals surface area contributed by atoms with Crippen molar-refractivity contribution in [3.8, 4) is 0 Å². The van der Waals surface area contributed by atoms with Gasteiger partial charge in [-0.15, -0.1) is 0 Å². The van der Waals surface area contributed by atoms with Crippen LogP contribution in [0.2, 0.25) is 0 Å². The minimum absolute atomic E-state index is 0.0372. The molecule has 100 valence electrons. The molecule has 1 rings (SSSR count). The highest BCUT2D eigenvalue weighted by Crippen LogP contribution is 2.12. The van der Waals surface area contributed by atoms with E-state index in [9.17, 15) is 4.79 Å². The fraction of sp³-hybridized carbons (Fsp3) is 0.917. The van der Waals surface area contributed by atoms with Crippen molar-refractivity contribution in [2.45, 2.75) is 19.3 Å². The standard InChI is InChI=1S/C12H24N2O3/c1-16-7-8-17-10-12(15)14-6-4-11-3-2-5-13-9-11/h11,13H,2-10H2,1H3,(H,14,15). The van der Waals surface area contributed by atoms with E-state index in [1.165, 1.54) is 12.8 Å². The van der Waals surface area contributed by atoms with Crippen LogP contribution < -0.4 is 10.6 Å². The van der Waals surface area contributed by atoms with Gasteiger partial charge in [-0.25, -0.2) is 0 Å². The Balaban J connectivity index is 1.92. The summed E-state index contributed by atoms with van der Waals surface area (Å²) >= 11 is 0. The van der Waals surface area contributed by atoms with Gasteiger partial charge in [0.2, 0.25) is 5.91 Å². The first-order chi connectivity index (χ1) is 8.33. The first-order valence-corrected chi connectivity index (χ1v) is 6.37. The SMILES string of the molecule is COCCOCC(=O)NCCC1CCCNC1. The number of methoxy groups -OCH3 is 1. The number of hydrogen-bond acceptors (Lipinski definition) is 4. The van der Waals surface area contributed by atoms with Crippen molar-refractivity contribution >= 4 is 5.91 Å². The quantitative estimate of drug-likeness (QED) is 0.597. The Morgan fingerprint density at radius 3 is 3.06 bits per heavy atom. The van der Waals surface area contributed by atoms with Gasteiger partial charge in [-0.3, -0.25) is 4.79 Å². The summed E-state index contributed by atoms with van der Waals surface area (Å²) in [6, 6.07) is 0. The van der Waals surface area contributed by atoms with E-state index >= 15 is 0 Å². The third-order valence-electron chi connectivity index (χ3n) is 2.94. The van der Waals surface area contributed by atoms with Crippen LogP contribution >= 0.6 is 0 Å². The van der Waals surface area contributed by atoms with Crippen molar-refractivity contribution in [2.75, 3.05) is 46.6 Å². The molecule has 1 aliphatic rings. The third-order valence-corrected chi connectivity index (χ3v) is 2.94. The summed E-state index contributed by atoms with van der Waals surface area (Å²) in [5, 5.41) is 6.24. The van der Waals surface area contributed by atoms with Gasteiger partial charge in [0.05, 0.1) is 13.2 Å². The number of piperidine rings is 1. The van der Waals surface area contributed by atoms with E-state index in [2.05, 4.69) is 10.6 Å². The van der Waals surface area contributed by atoms with Crippen LogP contribution in [0.3, 0.4) is 0 Å². The number of carbonyl (C=O) groups excluding carboxylic acids is 1. The average molecular weight is 244 g/mol. The second-order valence-electron chi connectivity index (χ2n) is 4.40. The van der Waals surface area contributed by atoms with Gasteiger partial charge in [-0.2, -0.15) is 0 Å². The van der Waals surface area contributed by atoms with Gasteiger partial charge in [0, 0.05) is 13.7 Å². The molecule has 0 saturated carbocycles. The van der Waals surface area contributed by atoms with Crippen LogP contribution in [-0.4, -0.2) is 52.5 Å². The maximum atomic E-state index is 11.4. The molecule has 0 aromatic rings. The summed E-state index contributed by atoms with van der Waals surface area (Å²) in [5.41, 5.74) is 0. The fourth-order valence-electron chi connectivity index (χ4n) is 1.94. The summed E-state index contributed by atoms with van der Waals surface area (Å²) < 4.78 is 9.95. The van der Waals surface area contributed by atoms with Crippen LogP contribution in [0.5, 0.6) is 0 Å². The van der Waals surface area contributed by atoms with Gasteiger partial charge in [0.25, 0.3) is 0 Å². The van der Waals surface area contributed by atoms with Crippen molar-refractivity contribution in [3.63, 3.8) is 0 Å². The van der Waals surface area contributed by atoms with Crippen molar-refractivity contribution in [3.05, 3.63) is 0 Å². The van der Waals surface area contributed by atoms with Crippen LogP contribution in [0.4, 0.5) is 0 Å². The molecule has 0 aromatic heterocycles. The lowest BCUT2D eigenvalue weighted by Crippen LogP contribution is -2.34. The molecule has 0 aliphatic carbocycles. The molecule has 1 heterocycles. The Morgan fingerprint density at radius 2 is 2.35 bits per heavy atom. The number of hydrogen-bond donors (Lipinski definition) is 2. The molecule has 1 fully saturated rings. The average Bonchev–Trinajstić information content (AvgIpc) is 2.36. The molecule has 17 heavy (non-hydrogen) atoms. The fourth-order valence-corrected chi connectivity index (χ4v) is 1.94. The van der Waals surface area contributed by atoms with Gasteiger partial charge in [0.15, 0.2) is 0 Å². The summed E-state index contributed by atoms with van der Waals surface area (Å²) in [4.78, 5) is 11.4. The second kappa shape index (κ2) is 9.39. The largest absolute Gasteiger partial charge is 0.382 e. The van der Waals surface area contributed by atoms with Gasteiger partial charge < -0.3 is 20.1 Å². The highest BCUT2D eigenvalue weighted by Gasteiger charge is 2.12. The molecule has 2 N–H and O–H groups in total. The van der Waals surface area contributed by atoms with Crippen molar-refractivity contribution < 1.29 is 14.3 Å². The minimum atomic E-state index is -0.0372. The van der Waals surface area contributed by atoms with Gasteiger partial charge in [-0.1, -0.05) is 0 Å². The Labute approximate surface area is 103 Å². The number of carbonyl (C=O) groups is 1. The molecule has 0 bridgehead atoms. The smallest absolute Gasteiger partial charge is 0.245 e. The van der Waals surface area contributed by atoms with Crippen LogP contribution in [0.15, 0.2) is 0 Å². The molecular weight excluding hydrogens is 220 g/mol. The van der Waals surface area contributed by atoms with Gasteiger partial charge >= 0.3 is 0 Å². The van der Waals surface area contributed by atoms with E-state index in [0.29, 0.717) is 19.1 Å². The predicted molar refractivity (Wildman–Crippen MR) is 65.9 cm³/mol. The van der Waals surface area contributed by atoms with E-state index in [1.54, 1.807) is 7.11 Å². The van der Waals surface area contributed by atoms with Crippen molar-refractivity contribution in [1.29, 1.82) is 0 Å². The molecule has 1 atom stereocenters. The van der Waals surface area contributed by atoms with E-state index < -0.39 is 0 Å². The first-order valence-electron chi connectivity index (χ1n) is 6.37. The molecule has 5 heteroatoms. The lowest BCUT2D eigenvalue weighted by molar-refractivity contribution is -0.126. The summed E-state index contributed by atoms with van der Waals surface area (Å²) in [6.45, 7) is 4.10. The Hall–Kier alpha value is -0.650. The Morgan fingerprint density at radius 1 is 1.47 bits per heavy atom. The summed E-state index contributed by atoms with van der Waals surface area (Å²) in [5.74, 6) is 0.670. The van der Waals surface area contributed by atoms with Gasteiger partial charge in [0.1, 0.15) is 6.61 Å². The maximum absolute atomic E-state index is 11.4. The van der Waals surface area contributed by atoms with Crippen LogP contribution in [0.25, 0.3) is 0 Å². The molecule has 0 aromatic carbocycles. The molecular formula is C12H24N2O3. The molecule has 1 amide bonds. The maximum Gasteiger partial charge on any atom is 0.245 e. The van der Waals surface area contributed by atoms with Crippen LogP contribution in [-0.2, 0) is 14.3 Å². The molecule has 0 radical (unpaired) electrons. The molecule has 0 spiro atoms. The molecule has 1 saturated heterocycles. The lowest BCUT2D eigenvalue weighted by Gasteiger charge is -2.22. The highest BCUT2D eigenvalue weighted by molar-refractivity contribution is 5.77. The highest BCUT2D eigenvalue weighted by atomic mass is 16.5. The van der Waals surface area contributed by atoms with Crippen molar-refractivity contribution in [1.82, 2.24) is 10.6 Å². The second-order valence-corrected chi connectivity index (χ2v) is 4.40. The minimum Gasteiger partial charge on any atom is -0.382 e. The van der Waals surface area contributed by atoms with Crippen molar-refractivity contribution in [2.24, 2.45) is 5.92 Å². The Kier molecular flexibility index (Phi) is 7.96. The predicted octanol–water partition coefficient (Wildman–Crippen LogP) is 0.155. The molecule has 1 unspecified atom stereocenters. The van der Waals surface area contributed by atoms with Crippen LogP contribution in [0.1, 0.15) is 19.3 Å². The Bertz CT molecular complexity index is 206. The van der Waals surface area contributed by atoms with Gasteiger partial charge in [-0.05, 0) is 38.3 Å². The molecule has 1 aliphatic heterocycles. The summed E-state index contributed by atoms with van der Waals surface area (Å²) in [6.07, 6.45) is 3.57. The zero-order valence-corrected chi connectivity index (χ0v) is 10.7. The number of nitrogens with one attached hydrogen (secondary N) is 2. The normalized spacial score (nSPS) is 20.2. The van der Waals surface area contributed by atoms with E-state index in [0.717, 1.165) is 26.1 Å². The number of rotatable bonds is 8. The number of amides is 1. The topological polar surface area (TPSA) is 59.6 Å². The van der Waals surface area contributed by atoms with E-state index in [4.69, 9.17) is 9.47 Å². The van der Waals surface area contributed by atoms with Crippen LogP contribution in [0, 0.1) is 5.92 Å². The zero-order valence-electron chi connectivity index (χ0n) is 10.7. The third kappa shape index (κ3) is 7.31. The van der Waals surface area contributed by atoms with E-state index in [-0.39, 0.29) is 12.5 Å². The first kappa shape index (κ1) is 14.4. The molecule has 5 nitrogen and oxygen atoms in total. The van der Waals surface area contributed by atoms with E-state index in [1.807, 2.05) is 0 Å². The number of ether oxygens (including phenoxy) is 2. The monoisotopic (exact) mass is 244 g/mol. The zero-order chi connectivity index (χ0) is 12.3. The lowest BCUT2D eigenvalue weighted by atomic mass is 9.96. The summed E-state index contributed by atoms with van der Waals surface area (Å²) in [7, 11) is 1.61.